The summed E-state index contributed by atoms with van der Waals surface area (Å²) in [6, 6.07) is 8.72. The van der Waals surface area contributed by atoms with E-state index in [9.17, 15) is 19.7 Å². The number of nitrogens with one attached hydrogen (secondary N) is 3. The lowest BCUT2D eigenvalue weighted by atomic mass is 10.2. The number of nitrogens with zero attached hydrogens (tertiary/aromatic N) is 1. The molecule has 2 aromatic carbocycles. The summed E-state index contributed by atoms with van der Waals surface area (Å²) in [4.78, 5) is 34.2. The van der Waals surface area contributed by atoms with Gasteiger partial charge < -0.3 is 10.7 Å². The highest BCUT2D eigenvalue weighted by atomic mass is 35.5. The second-order valence-electron chi connectivity index (χ2n) is 5.78. The molecule has 0 saturated carbocycles. The molecule has 0 aliphatic carbocycles. The highest BCUT2D eigenvalue weighted by Gasteiger charge is 2.15. The van der Waals surface area contributed by atoms with Gasteiger partial charge in [0.05, 0.1) is 4.92 Å². The number of rotatable bonds is 6. The minimum Gasteiger partial charge on any atom is -0.322 e. The van der Waals surface area contributed by atoms with Gasteiger partial charge in [0.25, 0.3) is 11.6 Å². The molecular weight excluding hydrogens is 407 g/mol. The van der Waals surface area contributed by atoms with E-state index in [1.54, 1.807) is 25.1 Å². The van der Waals surface area contributed by atoms with E-state index >= 15 is 0 Å². The molecule has 0 saturated heterocycles. The van der Waals surface area contributed by atoms with Crippen LogP contribution >= 0.6 is 23.2 Å². The van der Waals surface area contributed by atoms with Gasteiger partial charge in [-0.2, -0.15) is 0 Å². The van der Waals surface area contributed by atoms with Crippen molar-refractivity contribution in [1.29, 1.82) is 0 Å². The van der Waals surface area contributed by atoms with E-state index in [0.29, 0.717) is 16.4 Å². The number of halogens is 2. The number of allylic oxidation sites excluding steroid dienone is 1. The first-order chi connectivity index (χ1) is 13.2. The smallest absolute Gasteiger partial charge is 0.287 e. The van der Waals surface area contributed by atoms with Gasteiger partial charge in [-0.15, -0.1) is 0 Å². The first-order valence-corrected chi connectivity index (χ1v) is 8.68. The van der Waals surface area contributed by atoms with Crippen LogP contribution in [0.4, 0.5) is 11.4 Å². The Hall–Kier alpha value is -3.10. The van der Waals surface area contributed by atoms with Crippen LogP contribution in [-0.4, -0.2) is 16.7 Å². The zero-order chi connectivity index (χ0) is 20.8. The fraction of sp³-hybridized carbons (Fsp3) is 0.111. The monoisotopic (exact) mass is 422 g/mol. The molecule has 0 heterocycles. The first-order valence-electron chi connectivity index (χ1n) is 7.93. The molecule has 0 aliphatic heterocycles. The molecule has 0 fully saturated rings. The van der Waals surface area contributed by atoms with Crippen LogP contribution in [0.3, 0.4) is 0 Å². The number of anilines is 1. The lowest BCUT2D eigenvalue weighted by Gasteiger charge is -2.10. The van der Waals surface area contributed by atoms with Gasteiger partial charge in [0.15, 0.2) is 0 Å². The summed E-state index contributed by atoms with van der Waals surface area (Å²) < 4.78 is 0. The predicted octanol–water partition coefficient (Wildman–Crippen LogP) is 3.99. The number of aryl methyl sites for hydroxylation is 1. The lowest BCUT2D eigenvalue weighted by molar-refractivity contribution is -0.384. The van der Waals surface area contributed by atoms with Crippen molar-refractivity contribution in [3.8, 4) is 0 Å². The number of carbonyl (C=O) groups is 2. The van der Waals surface area contributed by atoms with Crippen LogP contribution in [0.5, 0.6) is 0 Å². The van der Waals surface area contributed by atoms with Crippen LogP contribution < -0.4 is 16.2 Å². The minimum absolute atomic E-state index is 0.120. The summed E-state index contributed by atoms with van der Waals surface area (Å²) >= 11 is 11.8. The van der Waals surface area contributed by atoms with E-state index in [0.717, 1.165) is 11.6 Å². The maximum atomic E-state index is 12.1. The van der Waals surface area contributed by atoms with Crippen molar-refractivity contribution in [2.24, 2.45) is 0 Å². The molecule has 0 unspecified atom stereocenters. The van der Waals surface area contributed by atoms with Crippen molar-refractivity contribution in [2.45, 2.75) is 13.8 Å². The molecule has 3 N–H and O–H groups in total. The summed E-state index contributed by atoms with van der Waals surface area (Å²) in [5.41, 5.74) is 6.56. The Morgan fingerprint density at radius 2 is 1.79 bits per heavy atom. The van der Waals surface area contributed by atoms with Gasteiger partial charge in [-0.05, 0) is 43.7 Å². The third-order valence-corrected chi connectivity index (χ3v) is 4.28. The SMILES string of the molecule is CC(=CC(=O)Nc1ccc(C)c(Cl)c1)NNC(=O)c1ccc([N+](=O)[O-])c(Cl)c1. The molecule has 2 amide bonds. The molecule has 2 aromatic rings. The molecule has 2 rings (SSSR count). The van der Waals surface area contributed by atoms with E-state index in [2.05, 4.69) is 16.2 Å². The van der Waals surface area contributed by atoms with Gasteiger partial charge in [-0.25, -0.2) is 0 Å². The minimum atomic E-state index is -0.644. The molecule has 28 heavy (non-hydrogen) atoms. The topological polar surface area (TPSA) is 113 Å². The van der Waals surface area contributed by atoms with Crippen LogP contribution in [0.2, 0.25) is 10.0 Å². The van der Waals surface area contributed by atoms with Gasteiger partial charge >= 0.3 is 0 Å². The highest BCUT2D eigenvalue weighted by Crippen LogP contribution is 2.24. The molecule has 146 valence electrons. The average molecular weight is 423 g/mol. The fourth-order valence-corrected chi connectivity index (χ4v) is 2.54. The second kappa shape index (κ2) is 9.20. The Labute approximate surface area is 170 Å². The molecule has 10 heteroatoms. The Kier molecular flexibility index (Phi) is 6.97. The Bertz CT molecular complexity index is 976. The Morgan fingerprint density at radius 1 is 1.07 bits per heavy atom. The third kappa shape index (κ3) is 5.70. The molecule has 0 aliphatic rings. The predicted molar refractivity (Wildman–Crippen MR) is 107 cm³/mol. The van der Waals surface area contributed by atoms with E-state index in [4.69, 9.17) is 23.2 Å². The van der Waals surface area contributed by atoms with E-state index < -0.39 is 16.7 Å². The van der Waals surface area contributed by atoms with Crippen molar-refractivity contribution in [1.82, 2.24) is 10.9 Å². The summed E-state index contributed by atoms with van der Waals surface area (Å²) in [6.45, 7) is 3.42. The Morgan fingerprint density at radius 3 is 2.39 bits per heavy atom. The normalized spacial score (nSPS) is 10.9. The van der Waals surface area contributed by atoms with Crippen LogP contribution in [-0.2, 0) is 4.79 Å². The molecule has 8 nitrogen and oxygen atoms in total. The van der Waals surface area contributed by atoms with E-state index in [1.807, 2.05) is 6.92 Å². The van der Waals surface area contributed by atoms with E-state index in [1.165, 1.54) is 18.2 Å². The summed E-state index contributed by atoms with van der Waals surface area (Å²) in [5, 5.41) is 13.8. The fourth-order valence-electron chi connectivity index (χ4n) is 2.11. The van der Waals surface area contributed by atoms with Crippen molar-refractivity contribution < 1.29 is 14.5 Å². The number of hydrogen-bond donors (Lipinski definition) is 3. The molecule has 0 bridgehead atoms. The van der Waals surface area contributed by atoms with E-state index in [-0.39, 0.29) is 16.3 Å². The maximum Gasteiger partial charge on any atom is 0.287 e. The lowest BCUT2D eigenvalue weighted by Crippen LogP contribution is -2.36. The van der Waals surface area contributed by atoms with Crippen molar-refractivity contribution in [3.05, 3.63) is 79.5 Å². The zero-order valence-corrected chi connectivity index (χ0v) is 16.4. The largest absolute Gasteiger partial charge is 0.322 e. The number of nitro benzene ring substituents is 1. The van der Waals surface area contributed by atoms with Gasteiger partial charge in [0.2, 0.25) is 5.91 Å². The van der Waals surface area contributed by atoms with Gasteiger partial charge in [0.1, 0.15) is 5.02 Å². The molecule has 0 radical (unpaired) electrons. The number of benzene rings is 2. The van der Waals surface area contributed by atoms with Crippen LogP contribution in [0.25, 0.3) is 0 Å². The number of carbonyl (C=O) groups excluding carboxylic acids is 2. The van der Waals surface area contributed by atoms with Crippen LogP contribution in [0, 0.1) is 17.0 Å². The second-order valence-corrected chi connectivity index (χ2v) is 6.60. The Balaban J connectivity index is 1.94. The number of hydrogen-bond acceptors (Lipinski definition) is 5. The summed E-state index contributed by atoms with van der Waals surface area (Å²) in [6.07, 6.45) is 1.25. The number of hydrazine groups is 1. The quantitative estimate of drug-likeness (QED) is 0.370. The first kappa shape index (κ1) is 21.2. The summed E-state index contributed by atoms with van der Waals surface area (Å²) in [7, 11) is 0. The molecule has 0 atom stereocenters. The zero-order valence-electron chi connectivity index (χ0n) is 14.9. The highest BCUT2D eigenvalue weighted by molar-refractivity contribution is 6.33. The van der Waals surface area contributed by atoms with Gasteiger partial charge in [0, 0.05) is 34.1 Å². The van der Waals surface area contributed by atoms with Gasteiger partial charge in [-0.3, -0.25) is 25.1 Å². The van der Waals surface area contributed by atoms with Gasteiger partial charge in [-0.1, -0.05) is 29.3 Å². The molecule has 0 spiro atoms. The summed E-state index contributed by atoms with van der Waals surface area (Å²) in [5.74, 6) is -0.993. The number of amides is 2. The molecular formula is C18H16Cl2N4O4. The average Bonchev–Trinajstić information content (AvgIpc) is 2.62. The van der Waals surface area contributed by atoms with Crippen molar-refractivity contribution >= 4 is 46.4 Å². The molecule has 0 aromatic heterocycles. The number of nitro groups is 1. The van der Waals surface area contributed by atoms with Crippen LogP contribution in [0.1, 0.15) is 22.8 Å². The third-order valence-electron chi connectivity index (χ3n) is 3.57. The standard InChI is InChI=1S/C18H16Cl2N4O4/c1-10-3-5-13(9-14(10)19)21-17(25)7-11(2)22-23-18(26)12-4-6-16(24(27)28)15(20)8-12/h3-9,22H,1-2H3,(H,21,25)(H,23,26). The van der Waals surface area contributed by atoms with Crippen molar-refractivity contribution in [2.75, 3.05) is 5.32 Å². The maximum absolute atomic E-state index is 12.1. The van der Waals surface area contributed by atoms with Crippen LogP contribution in [0.15, 0.2) is 48.2 Å². The van der Waals surface area contributed by atoms with Crippen molar-refractivity contribution in [3.63, 3.8) is 0 Å².